The molecule has 2 aromatic carbocycles. The predicted molar refractivity (Wildman–Crippen MR) is 162 cm³/mol. The Bertz CT molecular complexity index is 1450. The third-order valence-corrected chi connectivity index (χ3v) is 8.97. The Morgan fingerprint density at radius 2 is 1.83 bits per heavy atom. The van der Waals surface area contributed by atoms with Crippen molar-refractivity contribution in [3.8, 4) is 11.8 Å². The summed E-state index contributed by atoms with van der Waals surface area (Å²) in [6.45, 7) is 9.71. The number of nitrogens with zero attached hydrogens (tertiary/aromatic N) is 6. The quantitative estimate of drug-likeness (QED) is 0.396. The fourth-order valence-electron chi connectivity index (χ4n) is 6.39. The number of halogens is 1. The molecule has 9 nitrogen and oxygen atoms in total. The minimum atomic E-state index is -0.209. The summed E-state index contributed by atoms with van der Waals surface area (Å²) in [5.41, 5.74) is 1.08. The minimum absolute atomic E-state index is 0.0553. The summed E-state index contributed by atoms with van der Waals surface area (Å²) in [5.74, 6) is 1.96. The number of ether oxygens (including phenoxy) is 2. The maximum Gasteiger partial charge on any atom is 0.320 e. The van der Waals surface area contributed by atoms with E-state index in [1.165, 1.54) is 6.08 Å². The second-order valence-corrected chi connectivity index (χ2v) is 11.6. The molecule has 4 heterocycles. The summed E-state index contributed by atoms with van der Waals surface area (Å²) >= 11 is 6.74. The molecule has 10 heteroatoms. The van der Waals surface area contributed by atoms with Crippen molar-refractivity contribution in [2.45, 2.75) is 38.0 Å². The maximum atomic E-state index is 12.2. The van der Waals surface area contributed by atoms with E-state index in [0.29, 0.717) is 67.2 Å². The van der Waals surface area contributed by atoms with E-state index in [9.17, 15) is 4.79 Å². The molecule has 1 aromatic heterocycles. The lowest BCUT2D eigenvalue weighted by Gasteiger charge is -2.42. The third kappa shape index (κ3) is 5.17. The number of rotatable bonds is 6. The number of amides is 1. The number of likely N-dealkylation sites (N-methyl/N-ethyl adjacent to an activating group) is 2. The first-order chi connectivity index (χ1) is 19.9. The van der Waals surface area contributed by atoms with E-state index in [4.69, 9.17) is 31.0 Å². The molecule has 2 saturated heterocycles. The predicted octanol–water partition coefficient (Wildman–Crippen LogP) is 4.55. The van der Waals surface area contributed by atoms with Gasteiger partial charge in [-0.25, -0.2) is 0 Å². The molecule has 3 aliphatic rings. The fourth-order valence-corrected chi connectivity index (χ4v) is 6.68. The monoisotopic (exact) mass is 576 g/mol. The van der Waals surface area contributed by atoms with E-state index in [-0.39, 0.29) is 18.1 Å². The molecule has 3 aromatic rings. The lowest BCUT2D eigenvalue weighted by Crippen LogP contribution is -2.49. The van der Waals surface area contributed by atoms with Gasteiger partial charge in [0.2, 0.25) is 11.7 Å². The summed E-state index contributed by atoms with van der Waals surface area (Å²) in [6.07, 6.45) is 3.42. The van der Waals surface area contributed by atoms with Crippen LogP contribution >= 0.6 is 11.6 Å². The lowest BCUT2D eigenvalue weighted by molar-refractivity contribution is -0.126. The average molecular weight is 577 g/mol. The van der Waals surface area contributed by atoms with Gasteiger partial charge in [0.05, 0.1) is 6.04 Å². The van der Waals surface area contributed by atoms with Gasteiger partial charge in [-0.05, 0) is 56.4 Å². The van der Waals surface area contributed by atoms with Gasteiger partial charge in [-0.2, -0.15) is 9.97 Å². The first kappa shape index (κ1) is 27.6. The molecule has 41 heavy (non-hydrogen) atoms. The number of benzene rings is 2. The Hall–Kier alpha value is -3.56. The van der Waals surface area contributed by atoms with Crippen molar-refractivity contribution in [3.63, 3.8) is 0 Å². The van der Waals surface area contributed by atoms with Crippen LogP contribution in [0.25, 0.3) is 10.8 Å². The van der Waals surface area contributed by atoms with Crippen LogP contribution in [-0.2, 0) is 4.79 Å². The van der Waals surface area contributed by atoms with Crippen LogP contribution in [0.15, 0.2) is 49.1 Å². The van der Waals surface area contributed by atoms with Crippen molar-refractivity contribution < 1.29 is 14.3 Å². The van der Waals surface area contributed by atoms with E-state index in [2.05, 4.69) is 59.5 Å². The largest absolute Gasteiger partial charge is 0.481 e. The molecule has 216 valence electrons. The van der Waals surface area contributed by atoms with Gasteiger partial charge in [-0.1, -0.05) is 48.5 Å². The van der Waals surface area contributed by atoms with Gasteiger partial charge < -0.3 is 29.1 Å². The summed E-state index contributed by atoms with van der Waals surface area (Å²) in [7, 11) is 4.18. The van der Waals surface area contributed by atoms with Crippen LogP contribution in [0, 0.1) is 0 Å². The molecule has 0 radical (unpaired) electrons. The number of likely N-dealkylation sites (tertiary alicyclic amines) is 1. The van der Waals surface area contributed by atoms with Crippen LogP contribution in [0.4, 0.5) is 11.6 Å². The van der Waals surface area contributed by atoms with Crippen molar-refractivity contribution >= 4 is 39.9 Å². The Morgan fingerprint density at radius 3 is 2.54 bits per heavy atom. The van der Waals surface area contributed by atoms with E-state index in [1.807, 2.05) is 19.2 Å². The topological polar surface area (TPSA) is 74.3 Å². The van der Waals surface area contributed by atoms with Crippen LogP contribution < -0.4 is 19.3 Å². The van der Waals surface area contributed by atoms with Crippen molar-refractivity contribution in [1.29, 1.82) is 0 Å². The third-order valence-electron chi connectivity index (χ3n) is 8.66. The number of hydrogen-bond donors (Lipinski definition) is 0. The Morgan fingerprint density at radius 1 is 1.10 bits per heavy atom. The van der Waals surface area contributed by atoms with E-state index >= 15 is 0 Å². The fraction of sp³-hybridized carbons (Fsp3) is 0.452. The van der Waals surface area contributed by atoms with Crippen LogP contribution in [0.1, 0.15) is 31.4 Å². The lowest BCUT2D eigenvalue weighted by atomic mass is 9.93. The van der Waals surface area contributed by atoms with Crippen molar-refractivity contribution in [2.75, 3.05) is 63.2 Å². The molecule has 0 N–H and O–H groups in total. The van der Waals surface area contributed by atoms with E-state index < -0.39 is 0 Å². The number of fused-ring (bicyclic) bond motifs is 2. The molecule has 6 rings (SSSR count). The highest BCUT2D eigenvalue weighted by atomic mass is 35.5. The van der Waals surface area contributed by atoms with Gasteiger partial charge in [0, 0.05) is 49.7 Å². The van der Waals surface area contributed by atoms with E-state index in [0.717, 1.165) is 35.7 Å². The molecule has 0 saturated carbocycles. The number of aromatic nitrogens is 2. The van der Waals surface area contributed by atoms with Crippen molar-refractivity contribution in [2.24, 2.45) is 0 Å². The zero-order valence-electron chi connectivity index (χ0n) is 23.9. The molecule has 0 bridgehead atoms. The number of carbonyl (C=O) groups excluding carboxylic acids is 1. The van der Waals surface area contributed by atoms with Crippen molar-refractivity contribution in [3.05, 3.63) is 59.6 Å². The zero-order valence-corrected chi connectivity index (χ0v) is 24.7. The van der Waals surface area contributed by atoms with Gasteiger partial charge in [0.25, 0.3) is 0 Å². The molecule has 0 aliphatic carbocycles. The van der Waals surface area contributed by atoms with Crippen LogP contribution in [-0.4, -0.2) is 91.2 Å². The van der Waals surface area contributed by atoms with Gasteiger partial charge >= 0.3 is 6.01 Å². The Balaban J connectivity index is 1.38. The van der Waals surface area contributed by atoms with Gasteiger partial charge in [-0.3, -0.25) is 4.79 Å². The molecule has 1 unspecified atom stereocenters. The second-order valence-electron chi connectivity index (χ2n) is 11.2. The summed E-state index contributed by atoms with van der Waals surface area (Å²) < 4.78 is 12.9. The van der Waals surface area contributed by atoms with E-state index in [1.54, 1.807) is 4.90 Å². The zero-order chi connectivity index (χ0) is 28.7. The van der Waals surface area contributed by atoms with Crippen LogP contribution in [0.2, 0.25) is 5.02 Å². The molecule has 3 aliphatic heterocycles. The molecule has 3 atom stereocenters. The van der Waals surface area contributed by atoms with Crippen LogP contribution in [0.5, 0.6) is 11.8 Å². The highest BCUT2D eigenvalue weighted by Gasteiger charge is 2.39. The number of hydrogen-bond acceptors (Lipinski definition) is 8. The van der Waals surface area contributed by atoms with Crippen molar-refractivity contribution in [1.82, 2.24) is 19.8 Å². The van der Waals surface area contributed by atoms with Gasteiger partial charge in [0.15, 0.2) is 11.6 Å². The smallest absolute Gasteiger partial charge is 0.320 e. The molecule has 1 amide bonds. The van der Waals surface area contributed by atoms with Gasteiger partial charge in [0.1, 0.15) is 12.7 Å². The molecule has 2 fully saturated rings. The Labute approximate surface area is 246 Å². The molecular formula is C31H37ClN6O3. The minimum Gasteiger partial charge on any atom is -0.481 e. The summed E-state index contributed by atoms with van der Waals surface area (Å²) in [4.78, 5) is 30.5. The summed E-state index contributed by atoms with van der Waals surface area (Å²) in [6, 6.07) is 12.8. The second kappa shape index (κ2) is 11.4. The van der Waals surface area contributed by atoms with Crippen LogP contribution in [0.3, 0.4) is 0 Å². The molecular weight excluding hydrogens is 540 g/mol. The first-order valence-electron chi connectivity index (χ1n) is 14.3. The number of anilines is 2. The normalized spacial score (nSPS) is 22.9. The molecule has 0 spiro atoms. The number of carbonyl (C=O) groups is 1. The van der Waals surface area contributed by atoms with Gasteiger partial charge in [-0.15, -0.1) is 0 Å². The Kier molecular flexibility index (Phi) is 7.66. The highest BCUT2D eigenvalue weighted by Crippen LogP contribution is 2.47. The first-order valence-corrected chi connectivity index (χ1v) is 14.7. The SMILES string of the molecule is C=CC(=O)N1CCN(c2nc(OC[C@@H]3CCCN3C)nc3c2O[C@@H](C)C(c2cccc4cccc(Cl)c24)N3C)CC1. The standard InChI is InChI=1S/C31H37ClN6O3/c1-5-25(39)37-15-17-38(18-16-37)30-28-29(33-31(34-30)40-19-22-11-8-14-35(22)3)36(4)27(20(2)41-28)23-12-6-9-21-10-7-13-24(32)26(21)23/h5-7,9-10,12-13,20,22,27H,1,8,11,14-19H2,2-4H3/t20-,22-,27?/m0/s1. The highest BCUT2D eigenvalue weighted by molar-refractivity contribution is 6.35. The average Bonchev–Trinajstić information content (AvgIpc) is 3.40. The maximum absolute atomic E-state index is 12.2. The summed E-state index contributed by atoms with van der Waals surface area (Å²) in [5, 5.41) is 2.82. The number of piperazine rings is 1.